The monoisotopic (exact) mass is 517 g/mol. The van der Waals surface area contributed by atoms with Gasteiger partial charge in [0.05, 0.1) is 24.2 Å². The first-order valence-electron chi connectivity index (χ1n) is 12.6. The highest BCUT2D eigenvalue weighted by Crippen LogP contribution is 2.22. The number of benzene rings is 2. The lowest BCUT2D eigenvalue weighted by Gasteiger charge is -2.32. The Labute approximate surface area is 215 Å². The number of amides is 1. The minimum atomic E-state index is -3.87. The van der Waals surface area contributed by atoms with Crippen molar-refractivity contribution in [2.75, 3.05) is 33.3 Å². The number of sulfonamides is 1. The van der Waals surface area contributed by atoms with Gasteiger partial charge >= 0.3 is 0 Å². The fraction of sp³-hybridized carbons (Fsp3) is 0.519. The molecular formula is C27H39N3O5S. The van der Waals surface area contributed by atoms with Gasteiger partial charge in [0.25, 0.3) is 0 Å². The van der Waals surface area contributed by atoms with Crippen molar-refractivity contribution in [1.82, 2.24) is 14.9 Å². The summed E-state index contributed by atoms with van der Waals surface area (Å²) in [7, 11) is -2.35. The highest BCUT2D eigenvalue weighted by Gasteiger charge is 2.32. The Morgan fingerprint density at radius 2 is 1.72 bits per heavy atom. The second-order valence-electron chi connectivity index (χ2n) is 9.79. The number of hydrogen-bond donors (Lipinski definition) is 3. The maximum absolute atomic E-state index is 13.5. The average molecular weight is 518 g/mol. The predicted molar refractivity (Wildman–Crippen MR) is 140 cm³/mol. The van der Waals surface area contributed by atoms with E-state index in [1.165, 1.54) is 23.5 Å². The molecule has 198 valence electrons. The van der Waals surface area contributed by atoms with Gasteiger partial charge in [-0.15, -0.1) is 0 Å². The van der Waals surface area contributed by atoms with Crippen molar-refractivity contribution in [3.63, 3.8) is 0 Å². The first-order chi connectivity index (χ1) is 17.2. The van der Waals surface area contributed by atoms with Crippen LogP contribution in [0.2, 0.25) is 0 Å². The van der Waals surface area contributed by atoms with Gasteiger partial charge in [0, 0.05) is 19.0 Å². The van der Waals surface area contributed by atoms with Gasteiger partial charge in [0.15, 0.2) is 0 Å². The molecule has 1 aliphatic rings. The zero-order valence-electron chi connectivity index (χ0n) is 21.4. The summed E-state index contributed by atoms with van der Waals surface area (Å²) >= 11 is 0. The van der Waals surface area contributed by atoms with Gasteiger partial charge in [-0.25, -0.2) is 8.42 Å². The maximum atomic E-state index is 13.5. The number of piperidine rings is 1. The van der Waals surface area contributed by atoms with Crippen LogP contribution in [-0.4, -0.2) is 69.2 Å². The van der Waals surface area contributed by atoms with Crippen LogP contribution in [0.1, 0.15) is 32.3 Å². The summed E-state index contributed by atoms with van der Waals surface area (Å²) in [6.07, 6.45) is 0.788. The first-order valence-corrected chi connectivity index (χ1v) is 14.0. The summed E-state index contributed by atoms with van der Waals surface area (Å²) in [6.45, 7) is 5.55. The van der Waals surface area contributed by atoms with E-state index in [2.05, 4.69) is 10.6 Å². The van der Waals surface area contributed by atoms with E-state index in [9.17, 15) is 18.3 Å². The number of nitrogens with zero attached hydrogens (tertiary/aromatic N) is 1. The zero-order chi connectivity index (χ0) is 26.1. The van der Waals surface area contributed by atoms with Crippen molar-refractivity contribution in [3.8, 4) is 5.75 Å². The summed E-state index contributed by atoms with van der Waals surface area (Å²) in [6, 6.07) is 15.2. The molecule has 0 bridgehead atoms. The van der Waals surface area contributed by atoms with Crippen LogP contribution in [0.4, 0.5) is 0 Å². The minimum absolute atomic E-state index is 0.0436. The van der Waals surface area contributed by atoms with Gasteiger partial charge in [-0.1, -0.05) is 44.2 Å². The normalized spacial score (nSPS) is 16.6. The van der Waals surface area contributed by atoms with Crippen LogP contribution in [0.15, 0.2) is 59.5 Å². The number of methoxy groups -OCH3 is 1. The third-order valence-corrected chi connectivity index (χ3v) is 8.30. The molecule has 0 aliphatic carbocycles. The Morgan fingerprint density at radius 3 is 2.31 bits per heavy atom. The number of nitrogens with one attached hydrogen (secondary N) is 2. The van der Waals surface area contributed by atoms with E-state index >= 15 is 0 Å². The molecule has 0 aromatic heterocycles. The molecule has 0 spiro atoms. The Kier molecular flexibility index (Phi) is 10.3. The zero-order valence-corrected chi connectivity index (χ0v) is 22.2. The predicted octanol–water partition coefficient (Wildman–Crippen LogP) is 2.43. The van der Waals surface area contributed by atoms with Crippen molar-refractivity contribution < 1.29 is 23.1 Å². The smallest absolute Gasteiger partial charge is 0.243 e. The van der Waals surface area contributed by atoms with E-state index in [-0.39, 0.29) is 35.7 Å². The molecule has 9 heteroatoms. The molecule has 2 aromatic rings. The molecule has 1 amide bonds. The lowest BCUT2D eigenvalue weighted by molar-refractivity contribution is -0.127. The van der Waals surface area contributed by atoms with Crippen LogP contribution in [0.3, 0.4) is 0 Å². The molecule has 1 fully saturated rings. The average Bonchev–Trinajstić information content (AvgIpc) is 2.88. The van der Waals surface area contributed by atoms with Crippen LogP contribution in [0.5, 0.6) is 5.75 Å². The molecular weight excluding hydrogens is 478 g/mol. The lowest BCUT2D eigenvalue weighted by atomic mass is 9.95. The van der Waals surface area contributed by atoms with E-state index in [1.54, 1.807) is 12.1 Å². The third kappa shape index (κ3) is 7.77. The van der Waals surface area contributed by atoms with Crippen molar-refractivity contribution in [2.24, 2.45) is 11.8 Å². The molecule has 3 N–H and O–H groups in total. The fourth-order valence-corrected chi connectivity index (χ4v) is 6.07. The topological polar surface area (TPSA) is 108 Å². The van der Waals surface area contributed by atoms with E-state index < -0.39 is 22.2 Å². The minimum Gasteiger partial charge on any atom is -0.497 e. The molecule has 2 aromatic carbocycles. The van der Waals surface area contributed by atoms with Crippen LogP contribution >= 0.6 is 0 Å². The quantitative estimate of drug-likeness (QED) is 0.399. The molecule has 2 atom stereocenters. The van der Waals surface area contributed by atoms with E-state index in [1.807, 2.05) is 44.2 Å². The Balaban J connectivity index is 1.83. The third-order valence-electron chi connectivity index (χ3n) is 6.46. The van der Waals surface area contributed by atoms with Crippen molar-refractivity contribution >= 4 is 15.9 Å². The van der Waals surface area contributed by atoms with Gasteiger partial charge in [-0.2, -0.15) is 4.31 Å². The number of carbonyl (C=O) groups excluding carboxylic acids is 1. The molecule has 1 aliphatic heterocycles. The van der Waals surface area contributed by atoms with Crippen LogP contribution < -0.4 is 15.4 Å². The standard InChI is InChI=1S/C27H39N3O5S/c1-20(2)18-30(36(33,34)24-11-9-23(35-3)10-12-24)19-26(31)25(17-21-7-5-4-6-8-21)29-27(32)22-13-15-28-16-14-22/h4-12,20,22,25-26,28,31H,13-19H2,1-3H3,(H,29,32)/t25-,26+/m0/s1. The molecule has 3 rings (SSSR count). The number of aliphatic hydroxyl groups is 1. The molecule has 0 unspecified atom stereocenters. The first kappa shape index (κ1) is 28.1. The van der Waals surface area contributed by atoms with Crippen LogP contribution in [-0.2, 0) is 21.2 Å². The largest absolute Gasteiger partial charge is 0.497 e. The van der Waals surface area contributed by atoms with Gasteiger partial charge in [-0.3, -0.25) is 4.79 Å². The maximum Gasteiger partial charge on any atom is 0.243 e. The second-order valence-corrected chi connectivity index (χ2v) is 11.7. The van der Waals surface area contributed by atoms with Crippen LogP contribution in [0, 0.1) is 11.8 Å². The Bertz CT molecular complexity index is 1050. The number of rotatable bonds is 12. The molecule has 1 heterocycles. The van der Waals surface area contributed by atoms with E-state index in [4.69, 9.17) is 4.74 Å². The number of aliphatic hydroxyl groups excluding tert-OH is 1. The van der Waals surface area contributed by atoms with Gasteiger partial charge in [0.2, 0.25) is 15.9 Å². The van der Waals surface area contributed by atoms with E-state index in [0.29, 0.717) is 12.2 Å². The molecule has 1 saturated heterocycles. The van der Waals surface area contributed by atoms with Crippen molar-refractivity contribution in [3.05, 3.63) is 60.2 Å². The van der Waals surface area contributed by atoms with Gasteiger partial charge < -0.3 is 20.5 Å². The molecule has 0 saturated carbocycles. The van der Waals surface area contributed by atoms with Crippen LogP contribution in [0.25, 0.3) is 0 Å². The Hall–Kier alpha value is -2.46. The fourth-order valence-electron chi connectivity index (χ4n) is 4.45. The summed E-state index contributed by atoms with van der Waals surface area (Å²) in [4.78, 5) is 13.2. The summed E-state index contributed by atoms with van der Waals surface area (Å²) in [5.74, 6) is 0.395. The number of hydrogen-bond acceptors (Lipinski definition) is 6. The Morgan fingerprint density at radius 1 is 1.08 bits per heavy atom. The lowest BCUT2D eigenvalue weighted by Crippen LogP contribution is -2.52. The number of ether oxygens (including phenoxy) is 1. The van der Waals surface area contributed by atoms with Crippen molar-refractivity contribution in [2.45, 2.75) is 50.2 Å². The second kappa shape index (κ2) is 13.2. The molecule has 36 heavy (non-hydrogen) atoms. The molecule has 0 radical (unpaired) electrons. The van der Waals surface area contributed by atoms with Gasteiger partial charge in [-0.05, 0) is 68.1 Å². The summed E-state index contributed by atoms with van der Waals surface area (Å²) in [5, 5.41) is 17.6. The van der Waals surface area contributed by atoms with E-state index in [0.717, 1.165) is 31.5 Å². The summed E-state index contributed by atoms with van der Waals surface area (Å²) in [5.41, 5.74) is 0.959. The highest BCUT2D eigenvalue weighted by atomic mass is 32.2. The SMILES string of the molecule is COc1ccc(S(=O)(=O)N(CC(C)C)C[C@@H](O)[C@H](Cc2ccccc2)NC(=O)C2CCNCC2)cc1. The summed E-state index contributed by atoms with van der Waals surface area (Å²) < 4.78 is 33.5. The molecule has 8 nitrogen and oxygen atoms in total. The number of carbonyl (C=O) groups is 1. The van der Waals surface area contributed by atoms with Crippen molar-refractivity contribution in [1.29, 1.82) is 0 Å². The van der Waals surface area contributed by atoms with Gasteiger partial charge in [0.1, 0.15) is 5.75 Å². The highest BCUT2D eigenvalue weighted by molar-refractivity contribution is 7.89.